The Morgan fingerprint density at radius 1 is 1.47 bits per heavy atom. The number of sulfonamides is 1. The van der Waals surface area contributed by atoms with Crippen LogP contribution < -0.4 is 10.5 Å². The van der Waals surface area contributed by atoms with Gasteiger partial charge in [-0.3, -0.25) is 0 Å². The minimum Gasteiger partial charge on any atom is -0.383 e. The summed E-state index contributed by atoms with van der Waals surface area (Å²) in [5, 5.41) is 0.353. The summed E-state index contributed by atoms with van der Waals surface area (Å²) in [7, 11) is -2.12. The molecule has 0 aliphatic carbocycles. The van der Waals surface area contributed by atoms with Crippen molar-refractivity contribution in [1.29, 1.82) is 0 Å². The highest BCUT2D eigenvalue weighted by Crippen LogP contribution is 2.24. The average Bonchev–Trinajstić information content (AvgIpc) is 2.31. The van der Waals surface area contributed by atoms with Crippen molar-refractivity contribution in [2.75, 3.05) is 13.7 Å². The number of halogens is 1. The molecule has 0 amide bonds. The van der Waals surface area contributed by atoms with E-state index >= 15 is 0 Å². The molecule has 0 aromatic heterocycles. The van der Waals surface area contributed by atoms with Crippen molar-refractivity contribution in [3.05, 3.63) is 28.3 Å². The number of hydrogen-bond donors (Lipinski definition) is 2. The van der Waals surface area contributed by atoms with E-state index in [1.165, 1.54) is 13.2 Å². The molecule has 0 saturated heterocycles. The maximum absolute atomic E-state index is 12.3. The van der Waals surface area contributed by atoms with Gasteiger partial charge < -0.3 is 10.5 Å². The lowest BCUT2D eigenvalue weighted by molar-refractivity contribution is 0.180. The summed E-state index contributed by atoms with van der Waals surface area (Å²) in [6, 6.07) is 2.78. The molecular formula is C12H19ClN2O3S. The Morgan fingerprint density at radius 3 is 2.63 bits per heavy atom. The molecule has 1 atom stereocenters. The lowest BCUT2D eigenvalue weighted by Crippen LogP contribution is -2.36. The van der Waals surface area contributed by atoms with Crippen LogP contribution in [0.25, 0.3) is 0 Å². The molecule has 0 bridgehead atoms. The summed E-state index contributed by atoms with van der Waals surface area (Å²) in [6.07, 6.45) is 0. The number of nitrogens with one attached hydrogen (secondary N) is 1. The second-order valence-electron chi connectivity index (χ2n) is 4.37. The average molecular weight is 307 g/mol. The molecule has 0 heterocycles. The summed E-state index contributed by atoms with van der Waals surface area (Å²) < 4.78 is 32.0. The van der Waals surface area contributed by atoms with E-state index in [2.05, 4.69) is 4.72 Å². The summed E-state index contributed by atoms with van der Waals surface area (Å²) in [5.74, 6) is 0. The predicted molar refractivity (Wildman–Crippen MR) is 75.7 cm³/mol. The van der Waals surface area contributed by atoms with Crippen LogP contribution in [0.2, 0.25) is 5.02 Å². The molecule has 0 aliphatic heterocycles. The first-order chi connectivity index (χ1) is 8.81. The van der Waals surface area contributed by atoms with Crippen LogP contribution in [0.1, 0.15) is 18.1 Å². The SMILES string of the molecule is COCC(C)NS(=O)(=O)c1cc(Cl)cc(CN)c1C. The van der Waals surface area contributed by atoms with E-state index in [-0.39, 0.29) is 17.5 Å². The fourth-order valence-electron chi connectivity index (χ4n) is 1.81. The van der Waals surface area contributed by atoms with E-state index in [9.17, 15) is 8.42 Å². The normalized spacial score (nSPS) is 13.5. The first kappa shape index (κ1) is 16.4. The topological polar surface area (TPSA) is 81.4 Å². The molecule has 1 unspecified atom stereocenters. The van der Waals surface area contributed by atoms with Gasteiger partial charge in [-0.15, -0.1) is 0 Å². The number of rotatable bonds is 6. The maximum atomic E-state index is 12.3. The van der Waals surface area contributed by atoms with Crippen molar-refractivity contribution in [2.45, 2.75) is 31.3 Å². The fourth-order valence-corrected chi connectivity index (χ4v) is 3.66. The molecule has 1 aromatic carbocycles. The Balaban J connectivity index is 3.18. The minimum absolute atomic E-state index is 0.156. The van der Waals surface area contributed by atoms with Gasteiger partial charge in [-0.25, -0.2) is 13.1 Å². The van der Waals surface area contributed by atoms with Crippen LogP contribution in [-0.2, 0) is 21.3 Å². The highest BCUT2D eigenvalue weighted by molar-refractivity contribution is 7.89. The number of methoxy groups -OCH3 is 1. The summed E-state index contributed by atoms with van der Waals surface area (Å²) >= 11 is 5.93. The van der Waals surface area contributed by atoms with Gasteiger partial charge in [0.15, 0.2) is 0 Å². The van der Waals surface area contributed by atoms with Crippen molar-refractivity contribution in [3.63, 3.8) is 0 Å². The van der Waals surface area contributed by atoms with Crippen LogP contribution in [0, 0.1) is 6.92 Å². The molecule has 0 fully saturated rings. The maximum Gasteiger partial charge on any atom is 0.241 e. The zero-order valence-corrected chi connectivity index (χ0v) is 12.8. The van der Waals surface area contributed by atoms with Gasteiger partial charge in [-0.05, 0) is 37.1 Å². The van der Waals surface area contributed by atoms with Crippen molar-refractivity contribution in [1.82, 2.24) is 4.72 Å². The lowest BCUT2D eigenvalue weighted by Gasteiger charge is -2.16. The smallest absolute Gasteiger partial charge is 0.241 e. The Kier molecular flexibility index (Phi) is 5.76. The number of ether oxygens (including phenoxy) is 1. The van der Waals surface area contributed by atoms with Crippen molar-refractivity contribution >= 4 is 21.6 Å². The second-order valence-corrected chi connectivity index (χ2v) is 6.49. The lowest BCUT2D eigenvalue weighted by atomic mass is 10.1. The summed E-state index contributed by atoms with van der Waals surface area (Å²) in [4.78, 5) is 0.156. The van der Waals surface area contributed by atoms with Crippen LogP contribution >= 0.6 is 11.6 Å². The summed E-state index contributed by atoms with van der Waals surface area (Å²) in [5.41, 5.74) is 6.92. The van der Waals surface area contributed by atoms with Crippen molar-refractivity contribution in [2.24, 2.45) is 5.73 Å². The standard InChI is InChI=1S/C12H19ClN2O3S/c1-8(7-18-3)15-19(16,17)12-5-11(13)4-10(6-14)9(12)2/h4-5,8,15H,6-7,14H2,1-3H3. The van der Waals surface area contributed by atoms with Gasteiger partial charge >= 0.3 is 0 Å². The number of benzene rings is 1. The van der Waals surface area contributed by atoms with Gasteiger partial charge in [0.05, 0.1) is 11.5 Å². The third-order valence-electron chi connectivity index (χ3n) is 2.71. The molecule has 0 saturated carbocycles. The van der Waals surface area contributed by atoms with E-state index < -0.39 is 10.0 Å². The van der Waals surface area contributed by atoms with Crippen LogP contribution in [0.4, 0.5) is 0 Å². The van der Waals surface area contributed by atoms with Gasteiger partial charge in [-0.1, -0.05) is 11.6 Å². The molecule has 3 N–H and O–H groups in total. The monoisotopic (exact) mass is 306 g/mol. The van der Waals surface area contributed by atoms with Gasteiger partial charge in [0, 0.05) is 24.7 Å². The highest BCUT2D eigenvalue weighted by atomic mass is 35.5. The molecule has 1 rings (SSSR count). The number of nitrogens with two attached hydrogens (primary N) is 1. The zero-order chi connectivity index (χ0) is 14.6. The van der Waals surface area contributed by atoms with Crippen molar-refractivity contribution < 1.29 is 13.2 Å². The molecule has 1 aromatic rings. The predicted octanol–water partition coefficient (Wildman–Crippen LogP) is 1.42. The Labute approximate surface area is 119 Å². The van der Waals surface area contributed by atoms with Gasteiger partial charge in [-0.2, -0.15) is 0 Å². The first-order valence-corrected chi connectivity index (χ1v) is 7.68. The molecule has 19 heavy (non-hydrogen) atoms. The van der Waals surface area contributed by atoms with E-state index in [1.807, 2.05) is 0 Å². The molecule has 7 heteroatoms. The highest BCUT2D eigenvalue weighted by Gasteiger charge is 2.21. The molecule has 0 radical (unpaired) electrons. The Morgan fingerprint density at radius 2 is 2.11 bits per heavy atom. The Hall–Kier alpha value is -0.660. The van der Waals surface area contributed by atoms with Crippen LogP contribution in [0.3, 0.4) is 0 Å². The molecule has 0 spiro atoms. The van der Waals surface area contributed by atoms with E-state index in [0.29, 0.717) is 22.8 Å². The largest absolute Gasteiger partial charge is 0.383 e. The summed E-state index contributed by atoms with van der Waals surface area (Å²) in [6.45, 7) is 3.98. The third kappa shape index (κ3) is 4.15. The van der Waals surface area contributed by atoms with Crippen LogP contribution in [0.15, 0.2) is 17.0 Å². The quantitative estimate of drug-likeness (QED) is 0.833. The van der Waals surface area contributed by atoms with E-state index in [0.717, 1.165) is 0 Å². The van der Waals surface area contributed by atoms with Crippen LogP contribution in [0.5, 0.6) is 0 Å². The second kappa shape index (κ2) is 6.67. The Bertz CT molecular complexity index is 546. The van der Waals surface area contributed by atoms with Gasteiger partial charge in [0.25, 0.3) is 0 Å². The van der Waals surface area contributed by atoms with Gasteiger partial charge in [0.2, 0.25) is 10.0 Å². The zero-order valence-electron chi connectivity index (χ0n) is 11.2. The van der Waals surface area contributed by atoms with Gasteiger partial charge in [0.1, 0.15) is 0 Å². The molecule has 0 aliphatic rings. The third-order valence-corrected chi connectivity index (χ3v) is 4.65. The molecule has 108 valence electrons. The fraction of sp³-hybridized carbons (Fsp3) is 0.500. The molecule has 5 nitrogen and oxygen atoms in total. The van der Waals surface area contributed by atoms with E-state index in [1.54, 1.807) is 19.9 Å². The molecular weight excluding hydrogens is 288 g/mol. The minimum atomic E-state index is -3.64. The first-order valence-electron chi connectivity index (χ1n) is 5.82. The van der Waals surface area contributed by atoms with Crippen LogP contribution in [-0.4, -0.2) is 28.2 Å². The van der Waals surface area contributed by atoms with E-state index in [4.69, 9.17) is 22.1 Å². The number of hydrogen-bond acceptors (Lipinski definition) is 4. The van der Waals surface area contributed by atoms with Crippen molar-refractivity contribution in [3.8, 4) is 0 Å².